The van der Waals surface area contributed by atoms with Crippen LogP contribution in [-0.2, 0) is 4.79 Å². The Morgan fingerprint density at radius 1 is 1.09 bits per heavy atom. The van der Waals surface area contributed by atoms with Gasteiger partial charge in [0.15, 0.2) is 6.61 Å². The average Bonchev–Trinajstić information content (AvgIpc) is 2.74. The van der Waals surface area contributed by atoms with Crippen molar-refractivity contribution in [3.8, 4) is 5.75 Å². The number of hydrogen-bond donors (Lipinski definition) is 0. The molecule has 0 spiro atoms. The van der Waals surface area contributed by atoms with Gasteiger partial charge in [0.05, 0.1) is 11.4 Å². The molecule has 4 nitrogen and oxygen atoms in total. The molecule has 1 amide bonds. The number of para-hydroxylation sites is 2. The van der Waals surface area contributed by atoms with Crippen LogP contribution in [0.2, 0.25) is 5.02 Å². The Morgan fingerprint density at radius 3 is 2.52 bits per heavy atom. The maximum atomic E-state index is 12.6. The van der Waals surface area contributed by atoms with Gasteiger partial charge in [-0.05, 0) is 42.8 Å². The van der Waals surface area contributed by atoms with E-state index in [0.717, 1.165) is 24.3 Å². The Hall–Kier alpha value is -2.20. The maximum absolute atomic E-state index is 12.6. The fraction of sp³-hybridized carbons (Fsp3) is 0.278. The number of halogens is 1. The summed E-state index contributed by atoms with van der Waals surface area (Å²) in [5, 5.41) is 0.646. The van der Waals surface area contributed by atoms with E-state index < -0.39 is 0 Å². The molecule has 1 aliphatic rings. The van der Waals surface area contributed by atoms with Crippen LogP contribution in [0.5, 0.6) is 5.75 Å². The van der Waals surface area contributed by atoms with Gasteiger partial charge in [0.2, 0.25) is 0 Å². The first-order valence-corrected chi connectivity index (χ1v) is 8.02. The molecule has 0 saturated heterocycles. The van der Waals surface area contributed by atoms with Crippen molar-refractivity contribution in [3.63, 3.8) is 0 Å². The number of rotatable bonds is 3. The summed E-state index contributed by atoms with van der Waals surface area (Å²) in [4.78, 5) is 16.6. The van der Waals surface area contributed by atoms with Gasteiger partial charge >= 0.3 is 0 Å². The van der Waals surface area contributed by atoms with E-state index in [4.69, 9.17) is 16.3 Å². The Labute approximate surface area is 141 Å². The molecule has 0 unspecified atom stereocenters. The monoisotopic (exact) mass is 330 g/mol. The molecular weight excluding hydrogens is 312 g/mol. The number of amides is 1. The normalized spacial score (nSPS) is 14.2. The van der Waals surface area contributed by atoms with E-state index in [1.165, 1.54) is 0 Å². The van der Waals surface area contributed by atoms with Crippen molar-refractivity contribution in [2.75, 3.05) is 36.5 Å². The molecule has 23 heavy (non-hydrogen) atoms. The van der Waals surface area contributed by atoms with Crippen molar-refractivity contribution in [1.82, 2.24) is 0 Å². The SMILES string of the molecule is CN1CCCN(C(=O)COc2ccc(Cl)cc2)c2ccccc21. The lowest BCUT2D eigenvalue weighted by Gasteiger charge is -2.24. The Balaban J connectivity index is 1.73. The summed E-state index contributed by atoms with van der Waals surface area (Å²) in [6, 6.07) is 15.0. The molecule has 120 valence electrons. The lowest BCUT2D eigenvalue weighted by Crippen LogP contribution is -2.35. The standard InChI is InChI=1S/C18H19ClN2O2/c1-20-11-4-12-21(17-6-3-2-5-16(17)20)18(22)13-23-15-9-7-14(19)8-10-15/h2-3,5-10H,4,11-13H2,1H3. The molecule has 2 aromatic rings. The minimum atomic E-state index is -0.0392. The number of fused-ring (bicyclic) bond motifs is 1. The third-order valence-corrected chi connectivity index (χ3v) is 4.19. The second kappa shape index (κ2) is 6.92. The van der Waals surface area contributed by atoms with Gasteiger partial charge in [-0.2, -0.15) is 0 Å². The van der Waals surface area contributed by atoms with Crippen LogP contribution in [-0.4, -0.2) is 32.7 Å². The minimum Gasteiger partial charge on any atom is -0.484 e. The first-order valence-electron chi connectivity index (χ1n) is 7.64. The molecule has 0 aromatic heterocycles. The smallest absolute Gasteiger partial charge is 0.264 e. The van der Waals surface area contributed by atoms with Crippen LogP contribution in [0.1, 0.15) is 6.42 Å². The number of anilines is 2. The van der Waals surface area contributed by atoms with Crippen molar-refractivity contribution >= 4 is 28.9 Å². The lowest BCUT2D eigenvalue weighted by atomic mass is 10.2. The summed E-state index contributed by atoms with van der Waals surface area (Å²) in [5.74, 6) is 0.602. The second-order valence-electron chi connectivity index (χ2n) is 5.55. The van der Waals surface area contributed by atoms with Crippen LogP contribution in [0.3, 0.4) is 0 Å². The Morgan fingerprint density at radius 2 is 1.78 bits per heavy atom. The molecule has 3 rings (SSSR count). The highest BCUT2D eigenvalue weighted by atomic mass is 35.5. The molecule has 0 N–H and O–H groups in total. The van der Waals surface area contributed by atoms with E-state index in [1.807, 2.05) is 29.2 Å². The summed E-state index contributed by atoms with van der Waals surface area (Å²) >= 11 is 5.85. The molecule has 1 aliphatic heterocycles. The predicted molar refractivity (Wildman–Crippen MR) is 93.6 cm³/mol. The van der Waals surface area contributed by atoms with E-state index in [0.29, 0.717) is 17.3 Å². The molecule has 5 heteroatoms. The van der Waals surface area contributed by atoms with Gasteiger partial charge in [-0.15, -0.1) is 0 Å². The lowest BCUT2D eigenvalue weighted by molar-refractivity contribution is -0.120. The van der Waals surface area contributed by atoms with E-state index >= 15 is 0 Å². The molecule has 2 aromatic carbocycles. The van der Waals surface area contributed by atoms with Crippen LogP contribution < -0.4 is 14.5 Å². The fourth-order valence-corrected chi connectivity index (χ4v) is 2.86. The van der Waals surface area contributed by atoms with Crippen LogP contribution in [0.25, 0.3) is 0 Å². The number of ether oxygens (including phenoxy) is 1. The summed E-state index contributed by atoms with van der Waals surface area (Å²) in [6.07, 6.45) is 0.928. The summed E-state index contributed by atoms with van der Waals surface area (Å²) < 4.78 is 5.60. The van der Waals surface area contributed by atoms with Crippen molar-refractivity contribution in [2.45, 2.75) is 6.42 Å². The third-order valence-electron chi connectivity index (χ3n) is 3.94. The van der Waals surface area contributed by atoms with E-state index in [2.05, 4.69) is 11.9 Å². The zero-order valence-corrected chi connectivity index (χ0v) is 13.8. The molecule has 0 saturated carbocycles. The molecule has 0 bridgehead atoms. The van der Waals surface area contributed by atoms with Crippen molar-refractivity contribution in [2.24, 2.45) is 0 Å². The largest absolute Gasteiger partial charge is 0.484 e. The zero-order chi connectivity index (χ0) is 16.2. The molecule has 0 aliphatic carbocycles. The highest BCUT2D eigenvalue weighted by molar-refractivity contribution is 6.30. The highest BCUT2D eigenvalue weighted by Gasteiger charge is 2.23. The van der Waals surface area contributed by atoms with Crippen molar-refractivity contribution in [1.29, 1.82) is 0 Å². The van der Waals surface area contributed by atoms with E-state index in [-0.39, 0.29) is 12.5 Å². The van der Waals surface area contributed by atoms with Gasteiger partial charge in [0.25, 0.3) is 5.91 Å². The highest BCUT2D eigenvalue weighted by Crippen LogP contribution is 2.31. The molecule has 1 heterocycles. The van der Waals surface area contributed by atoms with Gasteiger partial charge in [0.1, 0.15) is 5.75 Å². The zero-order valence-electron chi connectivity index (χ0n) is 13.0. The number of carbonyl (C=O) groups excluding carboxylic acids is 1. The molecule has 0 fully saturated rings. The topological polar surface area (TPSA) is 32.8 Å². The van der Waals surface area contributed by atoms with Gasteiger partial charge in [-0.3, -0.25) is 4.79 Å². The molecule has 0 atom stereocenters. The number of benzene rings is 2. The summed E-state index contributed by atoms with van der Waals surface area (Å²) in [5.41, 5.74) is 2.02. The molecular formula is C18H19ClN2O2. The quantitative estimate of drug-likeness (QED) is 0.862. The summed E-state index contributed by atoms with van der Waals surface area (Å²) in [6.45, 7) is 1.64. The Bertz CT molecular complexity index is 688. The second-order valence-corrected chi connectivity index (χ2v) is 5.99. The minimum absolute atomic E-state index is 0.0136. The average molecular weight is 331 g/mol. The Kier molecular flexibility index (Phi) is 4.72. The van der Waals surface area contributed by atoms with Crippen LogP contribution >= 0.6 is 11.6 Å². The van der Waals surface area contributed by atoms with Gasteiger partial charge in [0, 0.05) is 25.2 Å². The van der Waals surface area contributed by atoms with Crippen LogP contribution in [0.4, 0.5) is 11.4 Å². The number of nitrogens with zero attached hydrogens (tertiary/aromatic N) is 2. The van der Waals surface area contributed by atoms with E-state index in [9.17, 15) is 4.79 Å². The number of carbonyl (C=O) groups is 1. The van der Waals surface area contributed by atoms with Crippen LogP contribution in [0, 0.1) is 0 Å². The van der Waals surface area contributed by atoms with Gasteiger partial charge < -0.3 is 14.5 Å². The van der Waals surface area contributed by atoms with Gasteiger partial charge in [-0.25, -0.2) is 0 Å². The molecule has 0 radical (unpaired) electrons. The predicted octanol–water partition coefficient (Wildman–Crippen LogP) is 3.59. The first kappa shape index (κ1) is 15.7. The van der Waals surface area contributed by atoms with Crippen LogP contribution in [0.15, 0.2) is 48.5 Å². The third kappa shape index (κ3) is 3.59. The first-order chi connectivity index (χ1) is 11.1. The van der Waals surface area contributed by atoms with E-state index in [1.54, 1.807) is 24.3 Å². The van der Waals surface area contributed by atoms with Crippen molar-refractivity contribution < 1.29 is 9.53 Å². The van der Waals surface area contributed by atoms with Gasteiger partial charge in [-0.1, -0.05) is 23.7 Å². The number of hydrogen-bond acceptors (Lipinski definition) is 3. The maximum Gasteiger partial charge on any atom is 0.264 e. The summed E-state index contributed by atoms with van der Waals surface area (Å²) in [7, 11) is 2.05. The fourth-order valence-electron chi connectivity index (χ4n) is 2.73. The van der Waals surface area contributed by atoms with Crippen molar-refractivity contribution in [3.05, 3.63) is 53.6 Å².